The van der Waals surface area contributed by atoms with Crippen LogP contribution in [-0.2, 0) is 11.3 Å². The van der Waals surface area contributed by atoms with Crippen LogP contribution in [0.25, 0.3) is 0 Å². The summed E-state index contributed by atoms with van der Waals surface area (Å²) < 4.78 is 18.5. The zero-order valence-electron chi connectivity index (χ0n) is 14.1. The number of nitrogens with zero attached hydrogens (tertiary/aromatic N) is 1. The number of carbonyl (C=O) groups excluding carboxylic acids is 1. The van der Waals surface area contributed by atoms with Gasteiger partial charge in [-0.05, 0) is 43.3 Å². The van der Waals surface area contributed by atoms with E-state index < -0.39 is 0 Å². The monoisotopic (exact) mass is 330 g/mol. The van der Waals surface area contributed by atoms with Crippen LogP contribution in [0, 0.1) is 12.7 Å². The fourth-order valence-electron chi connectivity index (χ4n) is 2.21. The summed E-state index contributed by atoms with van der Waals surface area (Å²) >= 11 is 0. The molecule has 0 unspecified atom stereocenters. The molecule has 128 valence electrons. The van der Waals surface area contributed by atoms with E-state index in [-0.39, 0.29) is 11.7 Å². The molecular weight excluding hydrogens is 307 g/mol. The second kappa shape index (κ2) is 9.03. The molecule has 2 aromatic carbocycles. The summed E-state index contributed by atoms with van der Waals surface area (Å²) in [4.78, 5) is 13.8. The molecule has 0 spiro atoms. The van der Waals surface area contributed by atoms with Crippen molar-refractivity contribution in [2.75, 3.05) is 26.7 Å². The van der Waals surface area contributed by atoms with Gasteiger partial charge in [0.05, 0.1) is 6.54 Å². The second-order valence-electron chi connectivity index (χ2n) is 5.75. The Kier molecular flexibility index (Phi) is 6.75. The first-order chi connectivity index (χ1) is 11.5. The lowest BCUT2D eigenvalue weighted by molar-refractivity contribution is -0.122. The molecule has 0 saturated heterocycles. The summed E-state index contributed by atoms with van der Waals surface area (Å²) in [5.74, 6) is 0.517. The number of halogens is 1. The summed E-state index contributed by atoms with van der Waals surface area (Å²) in [6.45, 7) is 3.86. The molecule has 24 heavy (non-hydrogen) atoms. The Morgan fingerprint density at radius 3 is 2.58 bits per heavy atom. The standard InChI is InChI=1S/C19H23FN2O2/c1-15-5-3-4-6-18(15)24-12-11-22(2)14-19(23)21-13-16-7-9-17(20)10-8-16/h3-10H,11-14H2,1-2H3,(H,21,23). The topological polar surface area (TPSA) is 41.6 Å². The van der Waals surface area contributed by atoms with Crippen LogP contribution >= 0.6 is 0 Å². The molecule has 0 aliphatic carbocycles. The fraction of sp³-hybridized carbons (Fsp3) is 0.316. The lowest BCUT2D eigenvalue weighted by Crippen LogP contribution is -2.36. The van der Waals surface area contributed by atoms with E-state index in [0.29, 0.717) is 26.2 Å². The van der Waals surface area contributed by atoms with Gasteiger partial charge in [0.25, 0.3) is 0 Å². The molecule has 0 saturated carbocycles. The number of para-hydroxylation sites is 1. The quantitative estimate of drug-likeness (QED) is 0.809. The van der Waals surface area contributed by atoms with Crippen LogP contribution in [0.3, 0.4) is 0 Å². The molecule has 0 aromatic heterocycles. The van der Waals surface area contributed by atoms with E-state index >= 15 is 0 Å². The number of likely N-dealkylation sites (N-methyl/N-ethyl adjacent to an activating group) is 1. The molecule has 0 radical (unpaired) electrons. The van der Waals surface area contributed by atoms with Crippen molar-refractivity contribution in [2.45, 2.75) is 13.5 Å². The van der Waals surface area contributed by atoms with Crippen LogP contribution in [0.4, 0.5) is 4.39 Å². The average Bonchev–Trinajstić information content (AvgIpc) is 2.56. The van der Waals surface area contributed by atoms with E-state index in [9.17, 15) is 9.18 Å². The van der Waals surface area contributed by atoms with Crippen molar-refractivity contribution in [3.05, 3.63) is 65.5 Å². The van der Waals surface area contributed by atoms with Gasteiger partial charge in [-0.1, -0.05) is 30.3 Å². The minimum atomic E-state index is -0.279. The maximum Gasteiger partial charge on any atom is 0.234 e. The number of amides is 1. The van der Waals surface area contributed by atoms with Gasteiger partial charge in [0.15, 0.2) is 0 Å². The van der Waals surface area contributed by atoms with Crippen molar-refractivity contribution >= 4 is 5.91 Å². The number of hydrogen-bond acceptors (Lipinski definition) is 3. The van der Waals surface area contributed by atoms with Crippen LogP contribution in [-0.4, -0.2) is 37.6 Å². The largest absolute Gasteiger partial charge is 0.492 e. The normalized spacial score (nSPS) is 10.7. The number of hydrogen-bond donors (Lipinski definition) is 1. The van der Waals surface area contributed by atoms with Gasteiger partial charge in [0.2, 0.25) is 5.91 Å². The van der Waals surface area contributed by atoms with Crippen molar-refractivity contribution in [3.63, 3.8) is 0 Å². The number of ether oxygens (including phenoxy) is 1. The van der Waals surface area contributed by atoms with Gasteiger partial charge in [-0.15, -0.1) is 0 Å². The van der Waals surface area contributed by atoms with E-state index in [0.717, 1.165) is 16.9 Å². The van der Waals surface area contributed by atoms with E-state index in [1.807, 2.05) is 43.1 Å². The highest BCUT2D eigenvalue weighted by Gasteiger charge is 2.07. The van der Waals surface area contributed by atoms with Gasteiger partial charge in [-0.3, -0.25) is 9.69 Å². The van der Waals surface area contributed by atoms with E-state index in [1.54, 1.807) is 12.1 Å². The van der Waals surface area contributed by atoms with Gasteiger partial charge in [0, 0.05) is 13.1 Å². The van der Waals surface area contributed by atoms with Crippen LogP contribution < -0.4 is 10.1 Å². The van der Waals surface area contributed by atoms with Gasteiger partial charge < -0.3 is 10.1 Å². The number of nitrogens with one attached hydrogen (secondary N) is 1. The Bertz CT molecular complexity index is 659. The Hall–Kier alpha value is -2.40. The summed E-state index contributed by atoms with van der Waals surface area (Å²) in [5, 5.41) is 2.82. The van der Waals surface area contributed by atoms with Crippen molar-refractivity contribution in [3.8, 4) is 5.75 Å². The Morgan fingerprint density at radius 1 is 1.17 bits per heavy atom. The van der Waals surface area contributed by atoms with E-state index in [1.165, 1.54) is 12.1 Å². The molecule has 1 N–H and O–H groups in total. The van der Waals surface area contributed by atoms with Gasteiger partial charge >= 0.3 is 0 Å². The minimum absolute atomic E-state index is 0.0716. The van der Waals surface area contributed by atoms with Gasteiger partial charge in [-0.2, -0.15) is 0 Å². The third-order valence-corrected chi connectivity index (χ3v) is 3.64. The minimum Gasteiger partial charge on any atom is -0.492 e. The molecule has 0 aliphatic heterocycles. The zero-order chi connectivity index (χ0) is 17.4. The molecule has 0 atom stereocenters. The number of rotatable bonds is 8. The lowest BCUT2D eigenvalue weighted by atomic mass is 10.2. The maximum atomic E-state index is 12.8. The summed E-state index contributed by atoms with van der Waals surface area (Å²) in [5.41, 5.74) is 1.97. The molecular formula is C19H23FN2O2. The number of benzene rings is 2. The van der Waals surface area contributed by atoms with Crippen molar-refractivity contribution in [2.24, 2.45) is 0 Å². The van der Waals surface area contributed by atoms with Crippen LogP contribution in [0.5, 0.6) is 5.75 Å². The van der Waals surface area contributed by atoms with Gasteiger partial charge in [0.1, 0.15) is 18.2 Å². The van der Waals surface area contributed by atoms with Crippen molar-refractivity contribution in [1.29, 1.82) is 0 Å². The summed E-state index contributed by atoms with van der Waals surface area (Å²) in [6.07, 6.45) is 0. The molecule has 4 nitrogen and oxygen atoms in total. The molecule has 2 aromatic rings. The molecule has 0 heterocycles. The average molecular weight is 330 g/mol. The fourth-order valence-corrected chi connectivity index (χ4v) is 2.21. The third kappa shape index (κ3) is 6.01. The smallest absolute Gasteiger partial charge is 0.234 e. The molecule has 5 heteroatoms. The zero-order valence-corrected chi connectivity index (χ0v) is 14.1. The highest BCUT2D eigenvalue weighted by Crippen LogP contribution is 2.15. The highest BCUT2D eigenvalue weighted by molar-refractivity contribution is 5.77. The summed E-state index contributed by atoms with van der Waals surface area (Å²) in [7, 11) is 1.87. The molecule has 2 rings (SSSR count). The first-order valence-electron chi connectivity index (χ1n) is 7.92. The Balaban J connectivity index is 1.66. The number of carbonyl (C=O) groups is 1. The van der Waals surface area contributed by atoms with E-state index in [2.05, 4.69) is 5.32 Å². The maximum absolute atomic E-state index is 12.8. The predicted octanol–water partition coefficient (Wildman–Crippen LogP) is 2.76. The molecule has 0 aliphatic rings. The van der Waals surface area contributed by atoms with Crippen LogP contribution in [0.2, 0.25) is 0 Å². The Morgan fingerprint density at radius 2 is 1.88 bits per heavy atom. The predicted molar refractivity (Wildman–Crippen MR) is 92.4 cm³/mol. The van der Waals surface area contributed by atoms with Gasteiger partial charge in [-0.25, -0.2) is 4.39 Å². The summed E-state index contributed by atoms with van der Waals surface area (Å²) in [6, 6.07) is 13.9. The SMILES string of the molecule is Cc1ccccc1OCCN(C)CC(=O)NCc1ccc(F)cc1. The molecule has 0 fully saturated rings. The first kappa shape index (κ1) is 17.9. The third-order valence-electron chi connectivity index (χ3n) is 3.64. The van der Waals surface area contributed by atoms with Crippen molar-refractivity contribution in [1.82, 2.24) is 10.2 Å². The molecule has 1 amide bonds. The Labute approximate surface area is 142 Å². The highest BCUT2D eigenvalue weighted by atomic mass is 19.1. The number of aryl methyl sites for hydroxylation is 1. The van der Waals surface area contributed by atoms with Crippen molar-refractivity contribution < 1.29 is 13.9 Å². The lowest BCUT2D eigenvalue weighted by Gasteiger charge is -2.17. The molecule has 0 bridgehead atoms. The first-order valence-corrected chi connectivity index (χ1v) is 7.92. The van der Waals surface area contributed by atoms with Crippen LogP contribution in [0.15, 0.2) is 48.5 Å². The van der Waals surface area contributed by atoms with Crippen LogP contribution in [0.1, 0.15) is 11.1 Å². The second-order valence-corrected chi connectivity index (χ2v) is 5.75. The van der Waals surface area contributed by atoms with E-state index in [4.69, 9.17) is 4.74 Å².